The molecule has 0 spiro atoms. The van der Waals surface area contributed by atoms with Gasteiger partial charge >= 0.3 is 0 Å². The second-order valence-electron chi connectivity index (χ2n) is 4.01. The van der Waals surface area contributed by atoms with Crippen molar-refractivity contribution in [3.8, 4) is 11.5 Å². The largest absolute Gasteiger partial charge is 0.457 e. The first-order valence-electron chi connectivity index (χ1n) is 5.52. The first kappa shape index (κ1) is 12.9. The van der Waals surface area contributed by atoms with E-state index in [9.17, 15) is 4.39 Å². The van der Waals surface area contributed by atoms with Crippen LogP contribution in [0.1, 0.15) is 11.1 Å². The minimum Gasteiger partial charge on any atom is -0.457 e. The quantitative estimate of drug-likeness (QED) is 0.909. The molecule has 0 aromatic heterocycles. The van der Waals surface area contributed by atoms with Crippen molar-refractivity contribution < 1.29 is 9.13 Å². The molecule has 0 amide bonds. The highest BCUT2D eigenvalue weighted by molar-refractivity contribution is 6.30. The first-order chi connectivity index (χ1) is 8.58. The van der Waals surface area contributed by atoms with Crippen LogP contribution in [0.15, 0.2) is 36.4 Å². The Morgan fingerprint density at radius 2 is 2.00 bits per heavy atom. The molecule has 94 valence electrons. The normalized spacial score (nSPS) is 10.4. The lowest BCUT2D eigenvalue weighted by Crippen LogP contribution is -1.98. The third-order valence-corrected chi connectivity index (χ3v) is 2.78. The molecule has 2 nitrogen and oxygen atoms in total. The summed E-state index contributed by atoms with van der Waals surface area (Å²) in [6.45, 7) is 2.16. The zero-order valence-electron chi connectivity index (χ0n) is 9.91. The van der Waals surface area contributed by atoms with Gasteiger partial charge in [-0.25, -0.2) is 4.39 Å². The molecule has 0 fully saturated rings. The molecular weight excluding hydrogens is 253 g/mol. The van der Waals surface area contributed by atoms with E-state index in [1.165, 1.54) is 12.1 Å². The standard InChI is InChI=1S/C14H13ClFNO/c1-9-2-3-11(15)6-14(9)18-13-5-10(8-17)4-12(16)7-13/h2-7H,8,17H2,1H3. The topological polar surface area (TPSA) is 35.2 Å². The monoisotopic (exact) mass is 265 g/mol. The molecule has 0 atom stereocenters. The fraction of sp³-hybridized carbons (Fsp3) is 0.143. The maximum absolute atomic E-state index is 13.3. The lowest BCUT2D eigenvalue weighted by Gasteiger charge is -2.10. The van der Waals surface area contributed by atoms with Gasteiger partial charge in [0.25, 0.3) is 0 Å². The van der Waals surface area contributed by atoms with Gasteiger partial charge in [0.1, 0.15) is 17.3 Å². The van der Waals surface area contributed by atoms with Crippen LogP contribution in [0.2, 0.25) is 5.02 Å². The second kappa shape index (κ2) is 5.38. The van der Waals surface area contributed by atoms with Crippen molar-refractivity contribution in [1.29, 1.82) is 0 Å². The van der Waals surface area contributed by atoms with Crippen molar-refractivity contribution in [2.24, 2.45) is 5.73 Å². The van der Waals surface area contributed by atoms with Gasteiger partial charge in [-0.1, -0.05) is 17.7 Å². The van der Waals surface area contributed by atoms with E-state index in [1.807, 2.05) is 13.0 Å². The molecule has 2 N–H and O–H groups in total. The van der Waals surface area contributed by atoms with Crippen LogP contribution in [0.3, 0.4) is 0 Å². The Hall–Kier alpha value is -1.58. The Kier molecular flexibility index (Phi) is 3.84. The van der Waals surface area contributed by atoms with E-state index in [0.29, 0.717) is 22.1 Å². The summed E-state index contributed by atoms with van der Waals surface area (Å²) >= 11 is 5.90. The number of benzene rings is 2. The van der Waals surface area contributed by atoms with E-state index in [0.717, 1.165) is 5.56 Å². The molecule has 2 aromatic carbocycles. The maximum Gasteiger partial charge on any atom is 0.131 e. The van der Waals surface area contributed by atoms with Crippen molar-refractivity contribution in [2.45, 2.75) is 13.5 Å². The molecule has 0 bridgehead atoms. The average molecular weight is 266 g/mol. The zero-order valence-corrected chi connectivity index (χ0v) is 10.7. The van der Waals surface area contributed by atoms with E-state index >= 15 is 0 Å². The Morgan fingerprint density at radius 3 is 2.72 bits per heavy atom. The van der Waals surface area contributed by atoms with Gasteiger partial charge in [-0.3, -0.25) is 0 Å². The minimum atomic E-state index is -0.368. The van der Waals surface area contributed by atoms with Crippen molar-refractivity contribution in [3.05, 3.63) is 58.4 Å². The summed E-state index contributed by atoms with van der Waals surface area (Å²) in [4.78, 5) is 0. The fourth-order valence-electron chi connectivity index (χ4n) is 1.61. The lowest BCUT2D eigenvalue weighted by molar-refractivity contribution is 0.472. The molecule has 0 radical (unpaired) electrons. The van der Waals surface area contributed by atoms with Crippen LogP contribution in [0.5, 0.6) is 11.5 Å². The maximum atomic E-state index is 13.3. The SMILES string of the molecule is Cc1ccc(Cl)cc1Oc1cc(F)cc(CN)c1. The predicted molar refractivity (Wildman–Crippen MR) is 70.6 cm³/mol. The number of halogens is 2. The molecule has 18 heavy (non-hydrogen) atoms. The number of aryl methyl sites for hydroxylation is 1. The number of hydrogen-bond donors (Lipinski definition) is 1. The molecule has 0 aliphatic carbocycles. The van der Waals surface area contributed by atoms with Gasteiger partial charge in [0.15, 0.2) is 0 Å². The smallest absolute Gasteiger partial charge is 0.131 e. The molecule has 0 saturated carbocycles. The minimum absolute atomic E-state index is 0.267. The summed E-state index contributed by atoms with van der Waals surface area (Å²) < 4.78 is 19.0. The van der Waals surface area contributed by atoms with Gasteiger partial charge in [0, 0.05) is 17.6 Å². The average Bonchev–Trinajstić information content (AvgIpc) is 2.33. The van der Waals surface area contributed by atoms with Gasteiger partial charge < -0.3 is 10.5 Å². The third kappa shape index (κ3) is 3.00. The Morgan fingerprint density at radius 1 is 1.22 bits per heavy atom. The van der Waals surface area contributed by atoms with Crippen molar-refractivity contribution >= 4 is 11.6 Å². The number of nitrogens with two attached hydrogens (primary N) is 1. The molecule has 4 heteroatoms. The summed E-state index contributed by atoms with van der Waals surface area (Å²) in [6.07, 6.45) is 0. The highest BCUT2D eigenvalue weighted by atomic mass is 35.5. The number of rotatable bonds is 3. The van der Waals surface area contributed by atoms with E-state index in [2.05, 4.69) is 0 Å². The van der Waals surface area contributed by atoms with Crippen LogP contribution >= 0.6 is 11.6 Å². The molecule has 0 aliphatic rings. The molecule has 0 unspecified atom stereocenters. The van der Waals surface area contributed by atoms with Gasteiger partial charge in [0.2, 0.25) is 0 Å². The van der Waals surface area contributed by atoms with Crippen LogP contribution in [-0.2, 0) is 6.54 Å². The second-order valence-corrected chi connectivity index (χ2v) is 4.45. The fourth-order valence-corrected chi connectivity index (χ4v) is 1.77. The predicted octanol–water partition coefficient (Wildman–Crippen LogP) is 4.04. The van der Waals surface area contributed by atoms with Crippen LogP contribution < -0.4 is 10.5 Å². The highest BCUT2D eigenvalue weighted by Crippen LogP contribution is 2.28. The third-order valence-electron chi connectivity index (χ3n) is 2.54. The van der Waals surface area contributed by atoms with Crippen molar-refractivity contribution in [3.63, 3.8) is 0 Å². The summed E-state index contributed by atoms with van der Waals surface area (Å²) in [7, 11) is 0. The van der Waals surface area contributed by atoms with Crippen molar-refractivity contribution in [1.82, 2.24) is 0 Å². The summed E-state index contributed by atoms with van der Waals surface area (Å²) in [6, 6.07) is 9.74. The van der Waals surface area contributed by atoms with E-state index in [4.69, 9.17) is 22.1 Å². The molecule has 0 heterocycles. The van der Waals surface area contributed by atoms with Crippen LogP contribution in [0.4, 0.5) is 4.39 Å². The van der Waals surface area contributed by atoms with E-state index < -0.39 is 0 Å². The first-order valence-corrected chi connectivity index (χ1v) is 5.90. The lowest BCUT2D eigenvalue weighted by atomic mass is 10.2. The van der Waals surface area contributed by atoms with Gasteiger partial charge in [-0.05, 0) is 42.3 Å². The summed E-state index contributed by atoms with van der Waals surface area (Å²) in [5.74, 6) is 0.657. The summed E-state index contributed by atoms with van der Waals surface area (Å²) in [5.41, 5.74) is 7.11. The van der Waals surface area contributed by atoms with Crippen molar-refractivity contribution in [2.75, 3.05) is 0 Å². The molecule has 2 aromatic rings. The van der Waals surface area contributed by atoms with Gasteiger partial charge in [-0.2, -0.15) is 0 Å². The zero-order chi connectivity index (χ0) is 13.1. The van der Waals surface area contributed by atoms with E-state index in [1.54, 1.807) is 18.2 Å². The molecule has 0 saturated heterocycles. The van der Waals surface area contributed by atoms with Gasteiger partial charge in [0.05, 0.1) is 0 Å². The Labute approximate surface area is 110 Å². The van der Waals surface area contributed by atoms with Gasteiger partial charge in [-0.15, -0.1) is 0 Å². The Bertz CT molecular complexity index is 572. The molecule has 0 aliphatic heterocycles. The number of hydrogen-bond acceptors (Lipinski definition) is 2. The molecule has 2 rings (SSSR count). The van der Waals surface area contributed by atoms with Crippen LogP contribution in [-0.4, -0.2) is 0 Å². The Balaban J connectivity index is 2.33. The van der Waals surface area contributed by atoms with Crippen LogP contribution in [0, 0.1) is 12.7 Å². The summed E-state index contributed by atoms with van der Waals surface area (Å²) in [5, 5.41) is 0.575. The number of ether oxygens (including phenoxy) is 1. The highest BCUT2D eigenvalue weighted by Gasteiger charge is 2.05. The van der Waals surface area contributed by atoms with E-state index in [-0.39, 0.29) is 12.4 Å². The molecular formula is C14H13ClFNO. The van der Waals surface area contributed by atoms with Crippen LogP contribution in [0.25, 0.3) is 0 Å².